The molecule has 23 heavy (non-hydrogen) atoms. The van der Waals surface area contributed by atoms with Gasteiger partial charge in [0.2, 0.25) is 5.91 Å². The van der Waals surface area contributed by atoms with Gasteiger partial charge in [0.05, 0.1) is 13.5 Å². The predicted molar refractivity (Wildman–Crippen MR) is 89.6 cm³/mol. The Labute approximate surface area is 139 Å². The van der Waals surface area contributed by atoms with Crippen LogP contribution in [0.4, 0.5) is 0 Å². The molecule has 0 spiro atoms. The largest absolute Gasteiger partial charge is 0.469 e. The number of nitrogens with two attached hydrogens (primary N) is 1. The van der Waals surface area contributed by atoms with Crippen LogP contribution in [0.2, 0.25) is 0 Å². The fraction of sp³-hybridized carbons (Fsp3) is 0.889. The molecule has 0 saturated heterocycles. The Kier molecular flexibility index (Phi) is 6.06. The first-order chi connectivity index (χ1) is 10.9. The number of hydrogen-bond acceptors (Lipinski definition) is 4. The monoisotopic (exact) mass is 324 g/mol. The number of hydrogen-bond donors (Lipinski definition) is 2. The predicted octanol–water partition coefficient (Wildman–Crippen LogP) is 2.38. The van der Waals surface area contributed by atoms with Gasteiger partial charge in [0.25, 0.3) is 0 Å². The van der Waals surface area contributed by atoms with Gasteiger partial charge in [-0.3, -0.25) is 9.59 Å². The second-order valence-electron chi connectivity index (χ2n) is 7.43. The quantitative estimate of drug-likeness (QED) is 0.735. The Morgan fingerprint density at radius 1 is 1.17 bits per heavy atom. The minimum Gasteiger partial charge on any atom is -0.469 e. The SMILES string of the molecule is CCC(CC)(CC(=O)OC)NC(=O)C1CC2CCCC(C1)C2N. The van der Waals surface area contributed by atoms with Crippen molar-refractivity contribution in [3.63, 3.8) is 0 Å². The molecule has 1 amide bonds. The van der Waals surface area contributed by atoms with E-state index >= 15 is 0 Å². The van der Waals surface area contributed by atoms with Gasteiger partial charge >= 0.3 is 5.97 Å². The zero-order valence-corrected chi connectivity index (χ0v) is 14.8. The summed E-state index contributed by atoms with van der Waals surface area (Å²) in [6, 6.07) is 0.268. The molecular weight excluding hydrogens is 292 g/mol. The number of carbonyl (C=O) groups excluding carboxylic acids is 2. The first-order valence-corrected chi connectivity index (χ1v) is 9.09. The van der Waals surface area contributed by atoms with Crippen molar-refractivity contribution in [3.8, 4) is 0 Å². The summed E-state index contributed by atoms with van der Waals surface area (Å²) in [6.07, 6.45) is 7.02. The van der Waals surface area contributed by atoms with E-state index in [0.29, 0.717) is 11.8 Å². The first kappa shape index (κ1) is 18.2. The van der Waals surface area contributed by atoms with E-state index < -0.39 is 5.54 Å². The molecule has 2 unspecified atom stereocenters. The van der Waals surface area contributed by atoms with Crippen LogP contribution < -0.4 is 11.1 Å². The molecule has 2 bridgehead atoms. The van der Waals surface area contributed by atoms with Crippen LogP contribution >= 0.6 is 0 Å². The first-order valence-electron chi connectivity index (χ1n) is 9.09. The fourth-order valence-electron chi connectivity index (χ4n) is 4.44. The van der Waals surface area contributed by atoms with Crippen molar-refractivity contribution >= 4 is 11.9 Å². The molecule has 5 heteroatoms. The number of rotatable bonds is 6. The lowest BCUT2D eigenvalue weighted by Crippen LogP contribution is -2.54. The highest BCUT2D eigenvalue weighted by Crippen LogP contribution is 2.42. The summed E-state index contributed by atoms with van der Waals surface area (Å²) in [5, 5.41) is 3.19. The molecular formula is C18H32N2O3. The molecule has 0 aromatic carbocycles. The molecule has 2 fully saturated rings. The summed E-state index contributed by atoms with van der Waals surface area (Å²) in [7, 11) is 1.39. The van der Waals surface area contributed by atoms with E-state index in [1.165, 1.54) is 13.5 Å². The van der Waals surface area contributed by atoms with Crippen molar-refractivity contribution in [3.05, 3.63) is 0 Å². The zero-order chi connectivity index (χ0) is 17.0. The highest BCUT2D eigenvalue weighted by Gasteiger charge is 2.42. The summed E-state index contributed by atoms with van der Waals surface area (Å²) in [4.78, 5) is 24.6. The van der Waals surface area contributed by atoms with Gasteiger partial charge in [0, 0.05) is 17.5 Å². The molecule has 5 nitrogen and oxygen atoms in total. The fourth-order valence-corrected chi connectivity index (χ4v) is 4.44. The van der Waals surface area contributed by atoms with Crippen molar-refractivity contribution in [1.82, 2.24) is 5.32 Å². The van der Waals surface area contributed by atoms with Crippen molar-refractivity contribution in [2.24, 2.45) is 23.5 Å². The van der Waals surface area contributed by atoms with E-state index in [2.05, 4.69) is 5.32 Å². The Bertz CT molecular complexity index is 420. The number of nitrogens with one attached hydrogen (secondary N) is 1. The molecule has 0 aromatic rings. The minimum absolute atomic E-state index is 0.0419. The molecule has 2 atom stereocenters. The lowest BCUT2D eigenvalue weighted by atomic mass is 9.65. The maximum Gasteiger partial charge on any atom is 0.307 e. The molecule has 2 saturated carbocycles. The average Bonchev–Trinajstić information content (AvgIpc) is 2.53. The summed E-state index contributed by atoms with van der Waals surface area (Å²) < 4.78 is 4.80. The van der Waals surface area contributed by atoms with Gasteiger partial charge < -0.3 is 15.8 Å². The van der Waals surface area contributed by atoms with Gasteiger partial charge in [-0.15, -0.1) is 0 Å². The lowest BCUT2D eigenvalue weighted by Gasteiger charge is -2.44. The van der Waals surface area contributed by atoms with Gasteiger partial charge in [-0.05, 0) is 50.4 Å². The topological polar surface area (TPSA) is 81.4 Å². The Balaban J connectivity index is 2.02. The normalized spacial score (nSPS) is 30.6. The summed E-state index contributed by atoms with van der Waals surface area (Å²) in [5.41, 5.74) is 5.83. The molecule has 0 heterocycles. The maximum absolute atomic E-state index is 12.8. The van der Waals surface area contributed by atoms with Crippen LogP contribution in [-0.2, 0) is 14.3 Å². The third-order valence-corrected chi connectivity index (χ3v) is 6.24. The molecule has 0 aliphatic heterocycles. The molecule has 2 aliphatic rings. The van der Waals surface area contributed by atoms with Crippen LogP contribution in [0.5, 0.6) is 0 Å². The van der Waals surface area contributed by atoms with Gasteiger partial charge in [0.1, 0.15) is 0 Å². The number of ether oxygens (including phenoxy) is 1. The highest BCUT2D eigenvalue weighted by molar-refractivity contribution is 5.81. The smallest absolute Gasteiger partial charge is 0.307 e. The Hall–Kier alpha value is -1.10. The second kappa shape index (κ2) is 7.65. The van der Waals surface area contributed by atoms with E-state index in [4.69, 9.17) is 10.5 Å². The number of carbonyl (C=O) groups is 2. The van der Waals surface area contributed by atoms with Gasteiger partial charge in [-0.2, -0.15) is 0 Å². The Morgan fingerprint density at radius 3 is 2.22 bits per heavy atom. The summed E-state index contributed by atoms with van der Waals surface area (Å²) in [5.74, 6) is 0.839. The van der Waals surface area contributed by atoms with Crippen molar-refractivity contribution in [1.29, 1.82) is 0 Å². The Morgan fingerprint density at radius 2 is 1.74 bits per heavy atom. The van der Waals surface area contributed by atoms with Gasteiger partial charge in [0.15, 0.2) is 0 Å². The number of fused-ring (bicyclic) bond motifs is 2. The third-order valence-electron chi connectivity index (χ3n) is 6.24. The van der Waals surface area contributed by atoms with E-state index in [1.807, 2.05) is 13.8 Å². The van der Waals surface area contributed by atoms with Crippen LogP contribution in [0.3, 0.4) is 0 Å². The molecule has 2 rings (SSSR count). The standard InChI is InChI=1S/C18H32N2O3/c1-4-18(5-2,11-15(21)23-3)20-17(22)14-9-12-7-6-8-13(10-14)16(12)19/h12-14,16H,4-11,19H2,1-3H3,(H,20,22). The molecule has 0 radical (unpaired) electrons. The van der Waals surface area contributed by atoms with E-state index in [0.717, 1.165) is 38.5 Å². The van der Waals surface area contributed by atoms with Gasteiger partial charge in [-0.1, -0.05) is 20.3 Å². The van der Waals surface area contributed by atoms with Crippen LogP contribution in [0, 0.1) is 17.8 Å². The number of amides is 1. The van der Waals surface area contributed by atoms with E-state index in [9.17, 15) is 9.59 Å². The van der Waals surface area contributed by atoms with Gasteiger partial charge in [-0.25, -0.2) is 0 Å². The summed E-state index contributed by atoms with van der Waals surface area (Å²) >= 11 is 0. The van der Waals surface area contributed by atoms with Crippen LogP contribution in [-0.4, -0.2) is 30.6 Å². The number of methoxy groups -OCH3 is 1. The second-order valence-corrected chi connectivity index (χ2v) is 7.43. The van der Waals surface area contributed by atoms with Crippen LogP contribution in [0.15, 0.2) is 0 Å². The van der Waals surface area contributed by atoms with Crippen molar-refractivity contribution in [2.45, 2.75) is 76.8 Å². The zero-order valence-electron chi connectivity index (χ0n) is 14.8. The van der Waals surface area contributed by atoms with E-state index in [-0.39, 0.29) is 30.3 Å². The maximum atomic E-state index is 12.8. The summed E-state index contributed by atoms with van der Waals surface area (Å²) in [6.45, 7) is 4.02. The minimum atomic E-state index is -0.487. The highest BCUT2D eigenvalue weighted by atomic mass is 16.5. The molecule has 132 valence electrons. The molecule has 0 aromatic heterocycles. The van der Waals surface area contributed by atoms with Crippen molar-refractivity contribution in [2.75, 3.05) is 7.11 Å². The third kappa shape index (κ3) is 4.06. The lowest BCUT2D eigenvalue weighted by molar-refractivity contribution is -0.143. The number of esters is 1. The van der Waals surface area contributed by atoms with Crippen LogP contribution in [0.25, 0.3) is 0 Å². The average molecular weight is 324 g/mol. The van der Waals surface area contributed by atoms with Crippen LogP contribution in [0.1, 0.15) is 65.2 Å². The van der Waals surface area contributed by atoms with Crippen molar-refractivity contribution < 1.29 is 14.3 Å². The van der Waals surface area contributed by atoms with E-state index in [1.54, 1.807) is 0 Å². The molecule has 3 N–H and O–H groups in total. The molecule has 2 aliphatic carbocycles.